The Morgan fingerprint density at radius 3 is 1.67 bits per heavy atom. The number of carbonyl (C=O) groups is 3. The molecule has 0 aromatic rings. The summed E-state index contributed by atoms with van der Waals surface area (Å²) in [6.45, 7) is 0. The summed E-state index contributed by atoms with van der Waals surface area (Å²) < 4.78 is 0. The minimum Gasteiger partial charge on any atom is -0.550 e. The molecule has 0 bridgehead atoms. The summed E-state index contributed by atoms with van der Waals surface area (Å²) in [6, 6.07) is 0. The normalized spacial score (nSPS) is 8.27. The summed E-state index contributed by atoms with van der Waals surface area (Å²) in [5.74, 6) is -3.75. The average molecular weight is 232 g/mol. The van der Waals surface area contributed by atoms with Crippen LogP contribution in [0.1, 0.15) is 32.1 Å². The Bertz CT molecular complexity index is 217. The summed E-state index contributed by atoms with van der Waals surface area (Å²) in [5.41, 5.74) is 0. The Morgan fingerprint density at radius 2 is 1.27 bits per heavy atom. The number of ketones is 1. The number of Topliss-reactive ketones (excluding diaryl/α,β-unsaturated/α-hetero) is 1. The quantitative estimate of drug-likeness (QED) is 0.247. The van der Waals surface area contributed by atoms with Gasteiger partial charge in [-0.05, 0) is 19.3 Å². The van der Waals surface area contributed by atoms with E-state index < -0.39 is 17.7 Å². The predicted octanol–water partition coefficient (Wildman–Crippen LogP) is -7.99. The summed E-state index contributed by atoms with van der Waals surface area (Å²) in [6.07, 6.45) is 1.14. The van der Waals surface area contributed by atoms with Crippen molar-refractivity contribution in [2.75, 3.05) is 0 Å². The van der Waals surface area contributed by atoms with E-state index in [1.807, 2.05) is 0 Å². The predicted molar refractivity (Wildman–Crippen MR) is 38.1 cm³/mol. The minimum atomic E-state index is -1.68. The van der Waals surface area contributed by atoms with Gasteiger partial charge in [0.2, 0.25) is 0 Å². The van der Waals surface area contributed by atoms with Crippen LogP contribution in [0.15, 0.2) is 0 Å². The largest absolute Gasteiger partial charge is 1.00 e. The number of rotatable bonds is 7. The van der Waals surface area contributed by atoms with Gasteiger partial charge in [-0.3, -0.25) is 4.79 Å². The first-order valence-corrected chi connectivity index (χ1v) is 3.98. The minimum absolute atomic E-state index is 0. The van der Waals surface area contributed by atoms with Gasteiger partial charge in [0.15, 0.2) is 5.78 Å². The van der Waals surface area contributed by atoms with E-state index in [2.05, 4.69) is 0 Å². The van der Waals surface area contributed by atoms with E-state index in [4.69, 9.17) is 0 Å². The van der Waals surface area contributed by atoms with Crippen molar-refractivity contribution in [3.05, 3.63) is 0 Å². The molecule has 0 rings (SSSR count). The SMILES string of the molecule is O=C([O-])CCCCCC(=O)C(=O)[O-].[Na+].[Na+]. The van der Waals surface area contributed by atoms with Crippen molar-refractivity contribution >= 4 is 17.7 Å². The van der Waals surface area contributed by atoms with Gasteiger partial charge in [0.05, 0.1) is 0 Å². The number of carboxylic acid groups (broad SMARTS) is 2. The molecule has 0 aromatic carbocycles. The van der Waals surface area contributed by atoms with Gasteiger partial charge in [-0.2, -0.15) is 0 Å². The zero-order chi connectivity index (χ0) is 10.3. The molecule has 15 heavy (non-hydrogen) atoms. The molecule has 0 heterocycles. The molecule has 0 radical (unpaired) electrons. The Hall–Kier alpha value is 0.610. The van der Waals surface area contributed by atoms with Crippen molar-refractivity contribution in [2.45, 2.75) is 32.1 Å². The fraction of sp³-hybridized carbons (Fsp3) is 0.625. The van der Waals surface area contributed by atoms with Gasteiger partial charge in [-0.15, -0.1) is 0 Å². The van der Waals surface area contributed by atoms with Crippen LogP contribution in [0.25, 0.3) is 0 Å². The summed E-state index contributed by atoms with van der Waals surface area (Å²) >= 11 is 0. The topological polar surface area (TPSA) is 97.3 Å². The zero-order valence-corrected chi connectivity index (χ0v) is 13.1. The molecule has 0 aliphatic heterocycles. The fourth-order valence-electron chi connectivity index (χ4n) is 0.834. The molecule has 0 amide bonds. The molecular weight excluding hydrogens is 222 g/mol. The van der Waals surface area contributed by atoms with Gasteiger partial charge >= 0.3 is 59.1 Å². The number of carbonyl (C=O) groups excluding carboxylic acids is 3. The standard InChI is InChI=1S/C8H12O5.2Na/c9-6(8(12)13)4-2-1-3-5-7(10)11;;/h1-5H2,(H,10,11)(H,12,13);;/q;2*+1/p-2. The number of unbranched alkanes of at least 4 members (excludes halogenated alkanes) is 2. The maximum Gasteiger partial charge on any atom is 1.00 e. The fourth-order valence-corrected chi connectivity index (χ4v) is 0.834. The molecular formula is C8H10Na2O5. The van der Waals surface area contributed by atoms with Crippen molar-refractivity contribution < 1.29 is 83.7 Å². The third kappa shape index (κ3) is 14.6. The Balaban J connectivity index is -0.000000720. The second-order valence-electron chi connectivity index (χ2n) is 2.64. The third-order valence-corrected chi connectivity index (χ3v) is 1.51. The second-order valence-corrected chi connectivity index (χ2v) is 2.64. The number of hydrogen-bond donors (Lipinski definition) is 0. The molecule has 0 unspecified atom stereocenters. The number of hydrogen-bond acceptors (Lipinski definition) is 5. The van der Waals surface area contributed by atoms with Crippen LogP contribution in [-0.4, -0.2) is 17.7 Å². The Labute approximate surface area is 132 Å². The van der Waals surface area contributed by atoms with Crippen molar-refractivity contribution in [3.8, 4) is 0 Å². The van der Waals surface area contributed by atoms with Gasteiger partial charge in [0.1, 0.15) is 5.97 Å². The van der Waals surface area contributed by atoms with Crippen LogP contribution in [0.4, 0.5) is 0 Å². The molecule has 0 N–H and O–H groups in total. The van der Waals surface area contributed by atoms with E-state index in [9.17, 15) is 24.6 Å². The van der Waals surface area contributed by atoms with Gasteiger partial charge in [0.25, 0.3) is 0 Å². The molecule has 74 valence electrons. The van der Waals surface area contributed by atoms with Crippen LogP contribution in [0.2, 0.25) is 0 Å². The second kappa shape index (κ2) is 12.7. The summed E-state index contributed by atoms with van der Waals surface area (Å²) in [5, 5.41) is 19.8. The van der Waals surface area contributed by atoms with E-state index >= 15 is 0 Å². The van der Waals surface area contributed by atoms with Crippen molar-refractivity contribution in [1.29, 1.82) is 0 Å². The first-order valence-electron chi connectivity index (χ1n) is 3.98. The maximum absolute atomic E-state index is 10.4. The Kier molecular flexibility index (Phi) is 17.7. The first kappa shape index (κ1) is 21.0. The third-order valence-electron chi connectivity index (χ3n) is 1.51. The van der Waals surface area contributed by atoms with Crippen molar-refractivity contribution in [1.82, 2.24) is 0 Å². The molecule has 0 aliphatic rings. The number of aliphatic carboxylic acids is 2. The van der Waals surface area contributed by atoms with E-state index in [0.717, 1.165) is 0 Å². The molecule has 0 aliphatic carbocycles. The number of carboxylic acids is 2. The van der Waals surface area contributed by atoms with Gasteiger partial charge in [-0.25, -0.2) is 0 Å². The average Bonchev–Trinajstić information content (AvgIpc) is 2.02. The Morgan fingerprint density at radius 1 is 0.800 bits per heavy atom. The van der Waals surface area contributed by atoms with Crippen molar-refractivity contribution in [3.63, 3.8) is 0 Å². The van der Waals surface area contributed by atoms with Gasteiger partial charge in [-0.1, -0.05) is 6.42 Å². The monoisotopic (exact) mass is 232 g/mol. The van der Waals surface area contributed by atoms with E-state index in [-0.39, 0.29) is 72.0 Å². The van der Waals surface area contributed by atoms with Crippen LogP contribution < -0.4 is 69.3 Å². The molecule has 0 saturated carbocycles. The van der Waals surface area contributed by atoms with E-state index in [1.54, 1.807) is 0 Å². The smallest absolute Gasteiger partial charge is 0.550 e. The maximum atomic E-state index is 10.4. The van der Waals surface area contributed by atoms with Crippen molar-refractivity contribution in [2.24, 2.45) is 0 Å². The molecule has 0 spiro atoms. The molecule has 0 saturated heterocycles. The van der Waals surface area contributed by atoms with Crippen LogP contribution >= 0.6 is 0 Å². The zero-order valence-electron chi connectivity index (χ0n) is 9.08. The van der Waals surface area contributed by atoms with Crippen LogP contribution in [0.3, 0.4) is 0 Å². The van der Waals surface area contributed by atoms with E-state index in [1.165, 1.54) is 0 Å². The first-order chi connectivity index (χ1) is 6.04. The summed E-state index contributed by atoms with van der Waals surface area (Å²) in [7, 11) is 0. The molecule has 0 atom stereocenters. The van der Waals surface area contributed by atoms with Crippen LogP contribution in [0, 0.1) is 0 Å². The van der Waals surface area contributed by atoms with Gasteiger partial charge < -0.3 is 19.8 Å². The van der Waals surface area contributed by atoms with E-state index in [0.29, 0.717) is 19.3 Å². The molecule has 0 fully saturated rings. The van der Waals surface area contributed by atoms with Gasteiger partial charge in [0, 0.05) is 12.4 Å². The van der Waals surface area contributed by atoms with Crippen LogP contribution in [0.5, 0.6) is 0 Å². The molecule has 0 aromatic heterocycles. The van der Waals surface area contributed by atoms with Crippen LogP contribution in [-0.2, 0) is 14.4 Å². The molecule has 7 heteroatoms. The molecule has 5 nitrogen and oxygen atoms in total. The summed E-state index contributed by atoms with van der Waals surface area (Å²) in [4.78, 5) is 30.3.